The predicted molar refractivity (Wildman–Crippen MR) is 123 cm³/mol. The van der Waals surface area contributed by atoms with Gasteiger partial charge in [-0.25, -0.2) is 0 Å². The Balaban J connectivity index is 1.93. The molecule has 0 bridgehead atoms. The van der Waals surface area contributed by atoms with Gasteiger partial charge < -0.3 is 15.2 Å². The first-order valence-electron chi connectivity index (χ1n) is 10.7. The smallest absolute Gasteiger partial charge is 0.392 e. The number of benzene rings is 2. The Morgan fingerprint density at radius 2 is 1.79 bits per heavy atom. The predicted octanol–water partition coefficient (Wildman–Crippen LogP) is 6.65. The number of anilines is 1. The summed E-state index contributed by atoms with van der Waals surface area (Å²) in [5.41, 5.74) is 0.828. The third kappa shape index (κ3) is 6.43. The molecule has 2 N–H and O–H groups in total. The van der Waals surface area contributed by atoms with Crippen molar-refractivity contribution in [3.05, 3.63) is 63.6 Å². The van der Waals surface area contributed by atoms with Crippen LogP contribution < -0.4 is 5.32 Å². The van der Waals surface area contributed by atoms with Crippen molar-refractivity contribution in [2.75, 3.05) is 11.9 Å². The second kappa shape index (κ2) is 11.0. The van der Waals surface area contributed by atoms with Crippen LogP contribution >= 0.6 is 23.2 Å². The number of hydrogen-bond acceptors (Lipinski definition) is 3. The summed E-state index contributed by atoms with van der Waals surface area (Å²) in [6.45, 7) is 1.47. The third-order valence-corrected chi connectivity index (χ3v) is 6.59. The molecule has 10 heteroatoms. The number of carboxylic acids is 1. The van der Waals surface area contributed by atoms with Gasteiger partial charge in [0.05, 0.1) is 35.1 Å². The second-order valence-corrected chi connectivity index (χ2v) is 9.19. The number of hydrogen-bond donors (Lipinski definition) is 2. The molecule has 1 unspecified atom stereocenters. The lowest BCUT2D eigenvalue weighted by Crippen LogP contribution is -2.34. The number of carbonyl (C=O) groups excluding carboxylic acids is 1. The molecule has 5 nitrogen and oxygen atoms in total. The van der Waals surface area contributed by atoms with Gasteiger partial charge in [-0.3, -0.25) is 9.59 Å². The SMILES string of the molecule is C[C@H]([C@H](C(=O)Nc1cc(C(CC(=O)O)[C@@H]2CCCO2)ccc1Cl)c1ccc(Cl)cc1)C(F)(F)F. The quantitative estimate of drug-likeness (QED) is 0.410. The van der Waals surface area contributed by atoms with Crippen molar-refractivity contribution in [1.82, 2.24) is 0 Å². The number of carbonyl (C=O) groups is 2. The molecule has 0 aliphatic carbocycles. The van der Waals surface area contributed by atoms with Crippen molar-refractivity contribution < 1.29 is 32.6 Å². The molecular weight excluding hydrogens is 494 g/mol. The minimum absolute atomic E-state index is 0.103. The molecule has 2 aromatic carbocycles. The normalized spacial score (nSPS) is 18.8. The van der Waals surface area contributed by atoms with Gasteiger partial charge in [-0.15, -0.1) is 0 Å². The first-order valence-corrected chi connectivity index (χ1v) is 11.5. The summed E-state index contributed by atoms with van der Waals surface area (Å²) in [6, 6.07) is 10.2. The molecular formula is C24H24Cl2F3NO4. The van der Waals surface area contributed by atoms with Gasteiger partial charge in [0.1, 0.15) is 0 Å². The molecule has 3 rings (SSSR count). The number of amides is 1. The minimum Gasteiger partial charge on any atom is -0.481 e. The van der Waals surface area contributed by atoms with Crippen LogP contribution in [0.25, 0.3) is 0 Å². The minimum atomic E-state index is -4.63. The first-order chi connectivity index (χ1) is 16.0. The molecule has 0 aromatic heterocycles. The van der Waals surface area contributed by atoms with Crippen LogP contribution in [0, 0.1) is 5.92 Å². The fourth-order valence-electron chi connectivity index (χ4n) is 4.18. The maximum absolute atomic E-state index is 13.6. The number of alkyl halides is 3. The molecule has 0 spiro atoms. The van der Waals surface area contributed by atoms with Crippen LogP contribution in [0.2, 0.25) is 10.0 Å². The summed E-state index contributed by atoms with van der Waals surface area (Å²) >= 11 is 12.1. The van der Waals surface area contributed by atoms with E-state index < -0.39 is 35.8 Å². The Morgan fingerprint density at radius 1 is 1.15 bits per heavy atom. The highest BCUT2D eigenvalue weighted by Gasteiger charge is 2.45. The van der Waals surface area contributed by atoms with E-state index in [9.17, 15) is 27.9 Å². The van der Waals surface area contributed by atoms with Crippen LogP contribution in [0.4, 0.5) is 18.9 Å². The van der Waals surface area contributed by atoms with Gasteiger partial charge in [-0.1, -0.05) is 48.3 Å². The largest absolute Gasteiger partial charge is 0.481 e. The van der Waals surface area contributed by atoms with Gasteiger partial charge in [0.2, 0.25) is 5.91 Å². The Bertz CT molecular complexity index is 1020. The van der Waals surface area contributed by atoms with Crippen molar-refractivity contribution in [1.29, 1.82) is 0 Å². The zero-order valence-corrected chi connectivity index (χ0v) is 19.8. The summed E-state index contributed by atoms with van der Waals surface area (Å²) in [5.74, 6) is -5.93. The summed E-state index contributed by atoms with van der Waals surface area (Å²) in [4.78, 5) is 24.6. The Morgan fingerprint density at radius 3 is 2.35 bits per heavy atom. The molecule has 1 heterocycles. The highest BCUT2D eigenvalue weighted by Crippen LogP contribution is 2.40. The molecule has 1 fully saturated rings. The van der Waals surface area contributed by atoms with Crippen molar-refractivity contribution in [2.45, 2.75) is 50.3 Å². The van der Waals surface area contributed by atoms with Gasteiger partial charge >= 0.3 is 12.1 Å². The first kappa shape index (κ1) is 26.3. The second-order valence-electron chi connectivity index (χ2n) is 8.34. The number of rotatable bonds is 8. The molecule has 1 aliphatic rings. The van der Waals surface area contributed by atoms with Gasteiger partial charge in [0.25, 0.3) is 0 Å². The third-order valence-electron chi connectivity index (χ3n) is 6.01. The number of aliphatic carboxylic acids is 1. The zero-order chi connectivity index (χ0) is 25.0. The fourth-order valence-corrected chi connectivity index (χ4v) is 4.47. The summed E-state index contributed by atoms with van der Waals surface area (Å²) in [5, 5.41) is 12.3. The standard InChI is InChI=1S/C24H24Cl2F3NO4/c1-13(24(27,28)29)22(14-4-7-16(25)8-5-14)23(33)30-19-11-15(6-9-18(19)26)17(12-21(31)32)20-3-2-10-34-20/h4-9,11,13,17,20,22H,2-3,10,12H2,1H3,(H,30,33)(H,31,32)/t13-,17?,20+,22+/m1/s1. The van der Waals surface area contributed by atoms with Crippen LogP contribution in [0.5, 0.6) is 0 Å². The van der Waals surface area contributed by atoms with Crippen LogP contribution in [-0.2, 0) is 14.3 Å². The molecule has 1 saturated heterocycles. The molecule has 1 aliphatic heterocycles. The van der Waals surface area contributed by atoms with E-state index in [1.807, 2.05) is 0 Å². The fraction of sp³-hybridized carbons (Fsp3) is 0.417. The molecule has 2 aromatic rings. The number of ether oxygens (including phenoxy) is 1. The average Bonchev–Trinajstić information content (AvgIpc) is 3.29. The molecule has 0 radical (unpaired) electrons. The van der Waals surface area contributed by atoms with Crippen LogP contribution in [0.1, 0.15) is 49.1 Å². The lowest BCUT2D eigenvalue weighted by atomic mass is 9.85. The van der Waals surface area contributed by atoms with Crippen LogP contribution in [-0.4, -0.2) is 35.9 Å². The maximum atomic E-state index is 13.6. The number of nitrogens with one attached hydrogen (secondary N) is 1. The van der Waals surface area contributed by atoms with Crippen LogP contribution in [0.15, 0.2) is 42.5 Å². The van der Waals surface area contributed by atoms with Crippen molar-refractivity contribution in [3.63, 3.8) is 0 Å². The van der Waals surface area contributed by atoms with Gasteiger partial charge in [-0.05, 0) is 48.2 Å². The van der Waals surface area contributed by atoms with Gasteiger partial charge in [-0.2, -0.15) is 13.2 Å². The monoisotopic (exact) mass is 517 g/mol. The summed E-state index contributed by atoms with van der Waals surface area (Å²) in [7, 11) is 0. The lowest BCUT2D eigenvalue weighted by molar-refractivity contribution is -0.178. The van der Waals surface area contributed by atoms with Crippen molar-refractivity contribution >= 4 is 40.8 Å². The summed E-state index contributed by atoms with van der Waals surface area (Å²) in [6.07, 6.45) is -3.65. The Kier molecular flexibility index (Phi) is 8.49. The van der Waals surface area contributed by atoms with E-state index in [4.69, 9.17) is 27.9 Å². The van der Waals surface area contributed by atoms with Crippen molar-refractivity contribution in [2.24, 2.45) is 5.92 Å². The maximum Gasteiger partial charge on any atom is 0.392 e. The molecule has 1 amide bonds. The molecule has 0 saturated carbocycles. The highest BCUT2D eigenvalue weighted by atomic mass is 35.5. The summed E-state index contributed by atoms with van der Waals surface area (Å²) < 4.78 is 46.5. The number of halogens is 5. The zero-order valence-electron chi connectivity index (χ0n) is 18.2. The molecule has 34 heavy (non-hydrogen) atoms. The topological polar surface area (TPSA) is 75.6 Å². The van der Waals surface area contributed by atoms with E-state index in [0.29, 0.717) is 23.6 Å². The van der Waals surface area contributed by atoms with E-state index in [1.165, 1.54) is 36.4 Å². The van der Waals surface area contributed by atoms with Gasteiger partial charge in [0, 0.05) is 17.5 Å². The van der Waals surface area contributed by atoms with Crippen molar-refractivity contribution in [3.8, 4) is 0 Å². The van der Waals surface area contributed by atoms with E-state index in [1.54, 1.807) is 6.07 Å². The molecule has 4 atom stereocenters. The van der Waals surface area contributed by atoms with E-state index in [2.05, 4.69) is 5.32 Å². The average molecular weight is 518 g/mol. The van der Waals surface area contributed by atoms with Gasteiger partial charge in [0.15, 0.2) is 0 Å². The number of carboxylic acid groups (broad SMARTS) is 1. The molecule has 184 valence electrons. The van der Waals surface area contributed by atoms with E-state index in [0.717, 1.165) is 13.3 Å². The van der Waals surface area contributed by atoms with E-state index >= 15 is 0 Å². The Hall–Kier alpha value is -2.29. The highest BCUT2D eigenvalue weighted by molar-refractivity contribution is 6.33. The van der Waals surface area contributed by atoms with Crippen LogP contribution in [0.3, 0.4) is 0 Å². The van der Waals surface area contributed by atoms with E-state index in [-0.39, 0.29) is 28.8 Å². The lowest BCUT2D eigenvalue weighted by Gasteiger charge is -2.26. The Labute approximate surface area is 205 Å².